The number of ketones is 1. The molecule has 0 spiro atoms. The number of piperidine rings is 1. The maximum Gasteiger partial charge on any atom is 0.410 e. The zero-order valence-electron chi connectivity index (χ0n) is 15.5. The molecule has 1 fully saturated rings. The van der Waals surface area contributed by atoms with Gasteiger partial charge in [-0.15, -0.1) is 0 Å². The number of likely N-dealkylation sites (tertiary alicyclic amines) is 1. The van der Waals surface area contributed by atoms with Crippen LogP contribution in [0.5, 0.6) is 0 Å². The molecule has 2 aromatic carbocycles. The minimum absolute atomic E-state index is 0.174. The summed E-state index contributed by atoms with van der Waals surface area (Å²) in [5, 5.41) is 0. The predicted molar refractivity (Wildman–Crippen MR) is 101 cm³/mol. The zero-order chi connectivity index (χ0) is 18.7. The third-order valence-electron chi connectivity index (χ3n) is 5.20. The van der Waals surface area contributed by atoms with Gasteiger partial charge in [0.1, 0.15) is 5.78 Å². The monoisotopic (exact) mass is 351 g/mol. The Balaban J connectivity index is 2.14. The third-order valence-corrected chi connectivity index (χ3v) is 5.20. The Labute approximate surface area is 154 Å². The van der Waals surface area contributed by atoms with Crippen molar-refractivity contribution in [3.8, 4) is 0 Å². The van der Waals surface area contributed by atoms with Crippen LogP contribution in [0.1, 0.15) is 44.0 Å². The molecule has 1 amide bonds. The van der Waals surface area contributed by atoms with E-state index in [-0.39, 0.29) is 35.8 Å². The van der Waals surface area contributed by atoms with E-state index in [1.165, 1.54) is 0 Å². The van der Waals surface area contributed by atoms with Gasteiger partial charge in [0.2, 0.25) is 0 Å². The molecule has 0 saturated carbocycles. The van der Waals surface area contributed by atoms with Gasteiger partial charge in [0, 0.05) is 11.8 Å². The van der Waals surface area contributed by atoms with Crippen molar-refractivity contribution in [3.05, 3.63) is 71.8 Å². The van der Waals surface area contributed by atoms with E-state index in [1.807, 2.05) is 74.5 Å². The molecule has 0 aliphatic carbocycles. The highest BCUT2D eigenvalue weighted by Crippen LogP contribution is 2.46. The summed E-state index contributed by atoms with van der Waals surface area (Å²) in [7, 11) is 0. The number of hydrogen-bond acceptors (Lipinski definition) is 3. The number of hydrogen-bond donors (Lipinski definition) is 0. The quantitative estimate of drug-likeness (QED) is 0.799. The Bertz CT molecular complexity index is 704. The zero-order valence-corrected chi connectivity index (χ0v) is 15.5. The summed E-state index contributed by atoms with van der Waals surface area (Å²) in [4.78, 5) is 27.8. The standard InChI is InChI=1S/C22H25NO3/c1-4-26-22(25)23-19(17-11-7-5-8-12-17)15(2)21(24)16(3)20(23)18-13-9-6-10-14-18/h5-16,19-20H,4H2,1-3H3/t15-,16+,19+,20-. The van der Waals surface area contributed by atoms with Crippen molar-refractivity contribution in [2.24, 2.45) is 11.8 Å². The Morgan fingerprint density at radius 1 is 0.885 bits per heavy atom. The highest BCUT2D eigenvalue weighted by molar-refractivity contribution is 5.87. The summed E-state index contributed by atoms with van der Waals surface area (Å²) in [5.41, 5.74) is 1.91. The molecule has 0 unspecified atom stereocenters. The number of carbonyl (C=O) groups excluding carboxylic acids is 2. The van der Waals surface area contributed by atoms with Crippen LogP contribution in [0.3, 0.4) is 0 Å². The van der Waals surface area contributed by atoms with Gasteiger partial charge in [-0.1, -0.05) is 74.5 Å². The van der Waals surface area contributed by atoms with Crippen molar-refractivity contribution in [2.45, 2.75) is 32.9 Å². The lowest BCUT2D eigenvalue weighted by Crippen LogP contribution is -2.51. The topological polar surface area (TPSA) is 46.6 Å². The minimum Gasteiger partial charge on any atom is -0.450 e. The molecule has 1 saturated heterocycles. The highest BCUT2D eigenvalue weighted by Gasteiger charge is 2.48. The molecule has 0 aromatic heterocycles. The summed E-state index contributed by atoms with van der Waals surface area (Å²) in [6.07, 6.45) is -0.374. The Morgan fingerprint density at radius 2 is 1.31 bits per heavy atom. The molecule has 2 aromatic rings. The first-order valence-corrected chi connectivity index (χ1v) is 9.15. The molecule has 3 rings (SSSR count). The molecule has 1 aliphatic heterocycles. The fourth-order valence-electron chi connectivity index (χ4n) is 4.00. The number of ether oxygens (including phenoxy) is 1. The molecule has 1 heterocycles. The third kappa shape index (κ3) is 3.24. The molecular weight excluding hydrogens is 326 g/mol. The molecular formula is C22H25NO3. The number of carbonyl (C=O) groups is 2. The lowest BCUT2D eigenvalue weighted by molar-refractivity contribution is -0.136. The summed E-state index contributed by atoms with van der Waals surface area (Å²) in [6, 6.07) is 18.8. The second kappa shape index (κ2) is 7.73. The Hall–Kier alpha value is -2.62. The number of rotatable bonds is 3. The van der Waals surface area contributed by atoms with E-state index in [2.05, 4.69) is 0 Å². The fourth-order valence-corrected chi connectivity index (χ4v) is 4.00. The first-order valence-electron chi connectivity index (χ1n) is 9.15. The van der Waals surface area contributed by atoms with E-state index >= 15 is 0 Å². The van der Waals surface area contributed by atoms with Gasteiger partial charge in [0.25, 0.3) is 0 Å². The van der Waals surface area contributed by atoms with Crippen molar-refractivity contribution in [2.75, 3.05) is 6.61 Å². The van der Waals surface area contributed by atoms with Crippen LogP contribution in [0.15, 0.2) is 60.7 Å². The molecule has 26 heavy (non-hydrogen) atoms. The lowest BCUT2D eigenvalue weighted by atomic mass is 9.74. The number of benzene rings is 2. The van der Waals surface area contributed by atoms with Gasteiger partial charge in [-0.3, -0.25) is 9.69 Å². The number of Topliss-reactive ketones (excluding diaryl/α,β-unsaturated/α-hetero) is 1. The van der Waals surface area contributed by atoms with Gasteiger partial charge in [0.15, 0.2) is 0 Å². The van der Waals surface area contributed by atoms with Crippen molar-refractivity contribution < 1.29 is 14.3 Å². The van der Waals surface area contributed by atoms with Crippen LogP contribution in [0.2, 0.25) is 0 Å². The molecule has 4 heteroatoms. The smallest absolute Gasteiger partial charge is 0.410 e. The van der Waals surface area contributed by atoms with E-state index in [9.17, 15) is 9.59 Å². The first kappa shape index (κ1) is 18.2. The number of nitrogens with zero attached hydrogens (tertiary/aromatic N) is 1. The summed E-state index contributed by atoms with van der Waals surface area (Å²) in [6.45, 7) is 5.91. The first-order chi connectivity index (χ1) is 12.6. The molecule has 0 radical (unpaired) electrons. The van der Waals surface area contributed by atoms with Gasteiger partial charge in [0.05, 0.1) is 18.7 Å². The predicted octanol–water partition coefficient (Wildman–Crippen LogP) is 4.78. The largest absolute Gasteiger partial charge is 0.450 e. The Kier molecular flexibility index (Phi) is 5.40. The molecule has 4 atom stereocenters. The van der Waals surface area contributed by atoms with Gasteiger partial charge in [-0.25, -0.2) is 4.79 Å². The SMILES string of the molecule is CCOC(=O)N1[C@H](c2ccccc2)[C@@H](C)C(=O)[C@@H](C)[C@@H]1c1ccccc1. The van der Waals surface area contributed by atoms with E-state index in [4.69, 9.17) is 4.74 Å². The lowest BCUT2D eigenvalue weighted by Gasteiger charge is -2.47. The molecule has 4 nitrogen and oxygen atoms in total. The molecule has 1 aliphatic rings. The van der Waals surface area contributed by atoms with Crippen LogP contribution in [-0.4, -0.2) is 23.4 Å². The van der Waals surface area contributed by atoms with Crippen molar-refractivity contribution >= 4 is 11.9 Å². The van der Waals surface area contributed by atoms with E-state index < -0.39 is 0 Å². The van der Waals surface area contributed by atoms with E-state index in [0.29, 0.717) is 6.61 Å². The van der Waals surface area contributed by atoms with Gasteiger partial charge >= 0.3 is 6.09 Å². The summed E-state index contributed by atoms with van der Waals surface area (Å²) in [5.74, 6) is -0.415. The highest BCUT2D eigenvalue weighted by atomic mass is 16.6. The number of amides is 1. The maximum atomic E-state index is 13.0. The van der Waals surface area contributed by atoms with Crippen LogP contribution in [0.25, 0.3) is 0 Å². The fraction of sp³-hybridized carbons (Fsp3) is 0.364. The van der Waals surface area contributed by atoms with E-state index in [1.54, 1.807) is 11.8 Å². The average molecular weight is 351 g/mol. The maximum absolute atomic E-state index is 13.0. The van der Waals surface area contributed by atoms with Crippen molar-refractivity contribution in [3.63, 3.8) is 0 Å². The van der Waals surface area contributed by atoms with Crippen molar-refractivity contribution in [1.29, 1.82) is 0 Å². The molecule has 136 valence electrons. The molecule has 0 N–H and O–H groups in total. The van der Waals surface area contributed by atoms with Crippen LogP contribution in [0, 0.1) is 11.8 Å². The second-order valence-corrected chi connectivity index (χ2v) is 6.80. The average Bonchev–Trinajstić information content (AvgIpc) is 2.67. The summed E-state index contributed by atoms with van der Waals surface area (Å²) < 4.78 is 5.39. The van der Waals surface area contributed by atoms with Gasteiger partial charge < -0.3 is 4.74 Å². The van der Waals surface area contributed by atoms with Crippen LogP contribution in [0.4, 0.5) is 4.79 Å². The minimum atomic E-state index is -0.374. The Morgan fingerprint density at radius 3 is 1.69 bits per heavy atom. The van der Waals surface area contributed by atoms with Crippen LogP contribution in [-0.2, 0) is 9.53 Å². The van der Waals surface area contributed by atoms with Crippen LogP contribution >= 0.6 is 0 Å². The van der Waals surface area contributed by atoms with Gasteiger partial charge in [-0.2, -0.15) is 0 Å². The molecule has 0 bridgehead atoms. The second-order valence-electron chi connectivity index (χ2n) is 6.80. The normalized spacial score (nSPS) is 25.8. The van der Waals surface area contributed by atoms with Crippen LogP contribution < -0.4 is 0 Å². The van der Waals surface area contributed by atoms with Gasteiger partial charge in [-0.05, 0) is 18.1 Å². The van der Waals surface area contributed by atoms with E-state index in [0.717, 1.165) is 11.1 Å². The van der Waals surface area contributed by atoms with Crippen molar-refractivity contribution in [1.82, 2.24) is 4.90 Å². The summed E-state index contributed by atoms with van der Waals surface area (Å²) >= 11 is 0.